The van der Waals surface area contributed by atoms with Gasteiger partial charge >= 0.3 is 0 Å². The largest absolute Gasteiger partial charge is 0.491 e. The van der Waals surface area contributed by atoms with Gasteiger partial charge < -0.3 is 9.47 Å². The van der Waals surface area contributed by atoms with E-state index in [2.05, 4.69) is 22.4 Å². The average Bonchev–Trinajstić information content (AvgIpc) is 2.59. The Morgan fingerprint density at radius 3 is 2.42 bits per heavy atom. The third kappa shape index (κ3) is 4.33. The fourth-order valence-electron chi connectivity index (χ4n) is 2.86. The number of ether oxygens (including phenoxy) is 2. The maximum Gasteiger partial charge on any atom is 0.165 e. The second-order valence-corrected chi connectivity index (χ2v) is 6.35. The molecule has 6 heteroatoms. The van der Waals surface area contributed by atoms with Gasteiger partial charge in [-0.25, -0.2) is 13.8 Å². The van der Waals surface area contributed by atoms with Crippen molar-refractivity contribution < 1.29 is 18.3 Å². The molecule has 3 nitrogen and oxygen atoms in total. The Balaban J connectivity index is 1.64. The third-order valence-electron chi connectivity index (χ3n) is 4.40. The molecule has 0 N–H and O–H groups in total. The maximum absolute atomic E-state index is 14.4. The number of rotatable bonds is 7. The first-order chi connectivity index (χ1) is 12.6. The molecule has 0 spiro atoms. The van der Waals surface area contributed by atoms with Crippen molar-refractivity contribution in [1.82, 2.24) is 0 Å². The standard InChI is InChI=1S/C20H19F2NO2S/c1-2-24-20-6-5-14(8-19(20)22)13-3-4-15(18(21)7-13)11-25-17-9-16(10-17)23-12-26/h3-8,16-17H,2,9-11H2,1H3/t16-,17-. The minimum Gasteiger partial charge on any atom is -0.491 e. The van der Waals surface area contributed by atoms with Gasteiger partial charge in [-0.15, -0.1) is 0 Å². The Bertz CT molecular complexity index is 831. The predicted octanol–water partition coefficient (Wildman–Crippen LogP) is 5.18. The normalized spacial score (nSPS) is 18.7. The van der Waals surface area contributed by atoms with Crippen molar-refractivity contribution in [2.24, 2.45) is 4.99 Å². The fourth-order valence-corrected chi connectivity index (χ4v) is 3.01. The Morgan fingerprint density at radius 1 is 1.12 bits per heavy atom. The summed E-state index contributed by atoms with van der Waals surface area (Å²) in [6.07, 6.45) is 1.65. The van der Waals surface area contributed by atoms with E-state index in [4.69, 9.17) is 9.47 Å². The summed E-state index contributed by atoms with van der Waals surface area (Å²) in [6.45, 7) is 2.37. The van der Waals surface area contributed by atoms with Gasteiger partial charge in [0.15, 0.2) is 11.6 Å². The van der Waals surface area contributed by atoms with Gasteiger partial charge in [-0.05, 0) is 61.3 Å². The van der Waals surface area contributed by atoms with E-state index in [1.54, 1.807) is 31.2 Å². The first kappa shape index (κ1) is 18.6. The van der Waals surface area contributed by atoms with Crippen molar-refractivity contribution >= 4 is 17.4 Å². The zero-order chi connectivity index (χ0) is 18.5. The summed E-state index contributed by atoms with van der Waals surface area (Å²) in [4.78, 5) is 3.99. The van der Waals surface area contributed by atoms with E-state index in [1.807, 2.05) is 0 Å². The highest BCUT2D eigenvalue weighted by Gasteiger charge is 2.29. The molecular weight excluding hydrogens is 356 g/mol. The lowest BCUT2D eigenvalue weighted by Crippen LogP contribution is -2.34. The minimum absolute atomic E-state index is 0.0754. The van der Waals surface area contributed by atoms with Crippen LogP contribution in [0.15, 0.2) is 41.4 Å². The molecular formula is C20H19F2NO2S. The first-order valence-corrected chi connectivity index (χ1v) is 8.91. The highest BCUT2D eigenvalue weighted by atomic mass is 32.1. The highest BCUT2D eigenvalue weighted by Crippen LogP contribution is 2.29. The van der Waals surface area contributed by atoms with Crippen LogP contribution in [0, 0.1) is 11.6 Å². The lowest BCUT2D eigenvalue weighted by molar-refractivity contribution is -0.0192. The van der Waals surface area contributed by atoms with Crippen molar-refractivity contribution in [2.75, 3.05) is 6.61 Å². The van der Waals surface area contributed by atoms with Crippen LogP contribution in [0.4, 0.5) is 8.78 Å². The number of halogens is 2. The quantitative estimate of drug-likeness (QED) is 0.493. The van der Waals surface area contributed by atoms with Crippen molar-refractivity contribution in [3.63, 3.8) is 0 Å². The van der Waals surface area contributed by atoms with Gasteiger partial charge in [-0.2, -0.15) is 0 Å². The zero-order valence-corrected chi connectivity index (χ0v) is 15.2. The van der Waals surface area contributed by atoms with Crippen LogP contribution in [0.2, 0.25) is 0 Å². The summed E-state index contributed by atoms with van der Waals surface area (Å²) >= 11 is 4.57. The SMILES string of the molecule is CCOc1ccc(-c2ccc(CO[C@H]3C[C@H](N=C=S)C3)c(F)c2)cc1F. The highest BCUT2D eigenvalue weighted by molar-refractivity contribution is 7.78. The molecule has 2 aromatic rings. The molecule has 0 unspecified atom stereocenters. The van der Waals surface area contributed by atoms with Crippen LogP contribution < -0.4 is 4.74 Å². The monoisotopic (exact) mass is 375 g/mol. The first-order valence-electron chi connectivity index (χ1n) is 8.50. The van der Waals surface area contributed by atoms with E-state index in [0.29, 0.717) is 23.3 Å². The molecule has 0 radical (unpaired) electrons. The van der Waals surface area contributed by atoms with Crippen LogP contribution >= 0.6 is 12.2 Å². The Hall–Kier alpha value is -2.14. The number of hydrogen-bond acceptors (Lipinski definition) is 4. The van der Waals surface area contributed by atoms with Crippen molar-refractivity contribution in [3.05, 3.63) is 53.6 Å². The zero-order valence-electron chi connectivity index (χ0n) is 14.4. The summed E-state index contributed by atoms with van der Waals surface area (Å²) in [5.74, 6) is -0.640. The van der Waals surface area contributed by atoms with Gasteiger partial charge in [0.1, 0.15) is 5.82 Å². The lowest BCUT2D eigenvalue weighted by atomic mass is 9.90. The minimum atomic E-state index is -0.462. The van der Waals surface area contributed by atoms with Gasteiger partial charge in [0, 0.05) is 5.56 Å². The summed E-state index contributed by atoms with van der Waals surface area (Å²) in [5.41, 5.74) is 1.67. The fraction of sp³-hybridized carbons (Fsp3) is 0.350. The van der Waals surface area contributed by atoms with E-state index in [-0.39, 0.29) is 30.3 Å². The number of benzene rings is 2. The molecule has 2 aromatic carbocycles. The predicted molar refractivity (Wildman–Crippen MR) is 99.6 cm³/mol. The molecule has 0 heterocycles. The van der Waals surface area contributed by atoms with Gasteiger partial charge in [0.25, 0.3) is 0 Å². The van der Waals surface area contributed by atoms with E-state index >= 15 is 0 Å². The third-order valence-corrected chi connectivity index (χ3v) is 4.50. The number of aliphatic imine (C=N–C) groups is 1. The summed E-state index contributed by atoms with van der Waals surface area (Å²) in [7, 11) is 0. The summed E-state index contributed by atoms with van der Waals surface area (Å²) in [6, 6.07) is 9.62. The van der Waals surface area contributed by atoms with E-state index < -0.39 is 5.82 Å². The second kappa shape index (κ2) is 8.49. The molecule has 0 aromatic heterocycles. The molecule has 0 atom stereocenters. The van der Waals surface area contributed by atoms with Gasteiger partial charge in [-0.1, -0.05) is 18.2 Å². The van der Waals surface area contributed by atoms with Crippen molar-refractivity contribution in [2.45, 2.75) is 38.5 Å². The van der Waals surface area contributed by atoms with E-state index in [9.17, 15) is 8.78 Å². The molecule has 1 aliphatic carbocycles. The molecule has 3 rings (SSSR count). The number of hydrogen-bond donors (Lipinski definition) is 0. The van der Waals surface area contributed by atoms with Crippen LogP contribution in [0.25, 0.3) is 11.1 Å². The lowest BCUT2D eigenvalue weighted by Gasteiger charge is -2.31. The molecule has 0 saturated heterocycles. The second-order valence-electron chi connectivity index (χ2n) is 6.16. The average molecular weight is 375 g/mol. The Kier molecular flexibility index (Phi) is 6.09. The van der Waals surface area contributed by atoms with Crippen molar-refractivity contribution in [1.29, 1.82) is 0 Å². The number of isothiocyanates is 1. The van der Waals surface area contributed by atoms with Gasteiger partial charge in [0.05, 0.1) is 30.5 Å². The number of thiocarbonyl (C=S) groups is 1. The maximum atomic E-state index is 14.4. The van der Waals surface area contributed by atoms with Gasteiger partial charge in [-0.3, -0.25) is 0 Å². The molecule has 1 aliphatic rings. The smallest absolute Gasteiger partial charge is 0.165 e. The topological polar surface area (TPSA) is 30.8 Å². The van der Waals surface area contributed by atoms with Crippen LogP contribution in [0.5, 0.6) is 5.75 Å². The molecule has 1 fully saturated rings. The van der Waals surface area contributed by atoms with Crippen LogP contribution in [-0.4, -0.2) is 23.9 Å². The Labute approximate surface area is 156 Å². The van der Waals surface area contributed by atoms with Crippen LogP contribution in [0.1, 0.15) is 25.3 Å². The van der Waals surface area contributed by atoms with Crippen LogP contribution in [0.3, 0.4) is 0 Å². The summed E-state index contributed by atoms with van der Waals surface area (Å²) < 4.78 is 39.2. The molecule has 0 amide bonds. The molecule has 1 saturated carbocycles. The van der Waals surface area contributed by atoms with Crippen LogP contribution in [-0.2, 0) is 11.3 Å². The van der Waals surface area contributed by atoms with Gasteiger partial charge in [0.2, 0.25) is 0 Å². The summed E-state index contributed by atoms with van der Waals surface area (Å²) in [5, 5.41) is 2.37. The van der Waals surface area contributed by atoms with E-state index in [0.717, 1.165) is 12.8 Å². The molecule has 0 bridgehead atoms. The van der Waals surface area contributed by atoms with Crippen molar-refractivity contribution in [3.8, 4) is 16.9 Å². The molecule has 26 heavy (non-hydrogen) atoms. The Morgan fingerprint density at radius 2 is 1.81 bits per heavy atom. The molecule has 136 valence electrons. The molecule has 0 aliphatic heterocycles. The van der Waals surface area contributed by atoms with E-state index in [1.165, 1.54) is 12.1 Å². The number of nitrogens with zero attached hydrogens (tertiary/aromatic N) is 1.